The SMILES string of the molecule is C[C@@H](O)CN[C@H]1CCSC1. The van der Waals surface area contributed by atoms with Gasteiger partial charge in [0, 0.05) is 18.3 Å². The van der Waals surface area contributed by atoms with E-state index >= 15 is 0 Å². The Morgan fingerprint density at radius 3 is 3.10 bits per heavy atom. The molecule has 3 heteroatoms. The fraction of sp³-hybridized carbons (Fsp3) is 1.00. The molecule has 0 unspecified atom stereocenters. The third-order valence-corrected chi connectivity index (χ3v) is 2.79. The van der Waals surface area contributed by atoms with Crippen LogP contribution in [0.5, 0.6) is 0 Å². The van der Waals surface area contributed by atoms with Crippen LogP contribution in [0.15, 0.2) is 0 Å². The third kappa shape index (κ3) is 2.90. The summed E-state index contributed by atoms with van der Waals surface area (Å²) in [5, 5.41) is 12.3. The van der Waals surface area contributed by atoms with Crippen molar-refractivity contribution in [3.8, 4) is 0 Å². The van der Waals surface area contributed by atoms with Crippen molar-refractivity contribution in [3.63, 3.8) is 0 Å². The van der Waals surface area contributed by atoms with Crippen LogP contribution in [0.25, 0.3) is 0 Å². The van der Waals surface area contributed by atoms with Gasteiger partial charge < -0.3 is 10.4 Å². The standard InChI is InChI=1S/C7H15NOS/c1-6(9)4-8-7-2-3-10-5-7/h6-9H,2-5H2,1H3/t6-,7+/m1/s1. The highest BCUT2D eigenvalue weighted by Crippen LogP contribution is 2.16. The van der Waals surface area contributed by atoms with Gasteiger partial charge in [-0.2, -0.15) is 11.8 Å². The van der Waals surface area contributed by atoms with Gasteiger partial charge in [0.25, 0.3) is 0 Å². The average molecular weight is 161 g/mol. The molecule has 0 radical (unpaired) electrons. The summed E-state index contributed by atoms with van der Waals surface area (Å²) in [4.78, 5) is 0. The van der Waals surface area contributed by atoms with Gasteiger partial charge in [-0.15, -0.1) is 0 Å². The zero-order chi connectivity index (χ0) is 7.40. The molecule has 1 rings (SSSR count). The molecule has 0 aromatic heterocycles. The zero-order valence-corrected chi connectivity index (χ0v) is 7.16. The van der Waals surface area contributed by atoms with Gasteiger partial charge in [-0.3, -0.25) is 0 Å². The monoisotopic (exact) mass is 161 g/mol. The molecule has 0 aromatic carbocycles. The Morgan fingerprint density at radius 2 is 2.60 bits per heavy atom. The lowest BCUT2D eigenvalue weighted by molar-refractivity contribution is 0.187. The minimum atomic E-state index is -0.203. The first-order valence-corrected chi connectivity index (χ1v) is 4.93. The summed E-state index contributed by atoms with van der Waals surface area (Å²) in [5.74, 6) is 2.49. The topological polar surface area (TPSA) is 32.3 Å². The molecule has 60 valence electrons. The van der Waals surface area contributed by atoms with Crippen molar-refractivity contribution >= 4 is 11.8 Å². The minimum absolute atomic E-state index is 0.203. The van der Waals surface area contributed by atoms with Crippen LogP contribution in [0.4, 0.5) is 0 Å². The van der Waals surface area contributed by atoms with Crippen LogP contribution in [0.2, 0.25) is 0 Å². The van der Waals surface area contributed by atoms with E-state index < -0.39 is 0 Å². The van der Waals surface area contributed by atoms with Crippen LogP contribution < -0.4 is 5.32 Å². The molecule has 0 aliphatic carbocycles. The molecule has 2 atom stereocenters. The molecule has 0 bridgehead atoms. The van der Waals surface area contributed by atoms with E-state index in [4.69, 9.17) is 5.11 Å². The number of rotatable bonds is 3. The molecule has 0 aromatic rings. The fourth-order valence-corrected chi connectivity index (χ4v) is 2.22. The second-order valence-corrected chi connectivity index (χ2v) is 3.97. The number of hydrogen-bond acceptors (Lipinski definition) is 3. The summed E-state index contributed by atoms with van der Waals surface area (Å²) in [6, 6.07) is 0.652. The third-order valence-electron chi connectivity index (χ3n) is 1.63. The van der Waals surface area contributed by atoms with Gasteiger partial charge in [0.1, 0.15) is 0 Å². The molecule has 0 saturated carbocycles. The van der Waals surface area contributed by atoms with Crippen LogP contribution in [0.3, 0.4) is 0 Å². The van der Waals surface area contributed by atoms with E-state index in [1.807, 2.05) is 18.7 Å². The van der Waals surface area contributed by atoms with Crippen LogP contribution in [-0.2, 0) is 0 Å². The molecular formula is C7H15NOS. The van der Waals surface area contributed by atoms with Gasteiger partial charge in [0.2, 0.25) is 0 Å². The van der Waals surface area contributed by atoms with Crippen molar-refractivity contribution in [2.45, 2.75) is 25.5 Å². The smallest absolute Gasteiger partial charge is 0.0636 e. The van der Waals surface area contributed by atoms with Crippen LogP contribution in [-0.4, -0.2) is 35.3 Å². The fourth-order valence-electron chi connectivity index (χ4n) is 1.03. The highest BCUT2D eigenvalue weighted by Gasteiger charge is 2.14. The Labute approximate surface area is 66.4 Å². The summed E-state index contributed by atoms with van der Waals surface area (Å²) in [6.45, 7) is 2.56. The van der Waals surface area contributed by atoms with Gasteiger partial charge in [-0.05, 0) is 19.1 Å². The second kappa shape index (κ2) is 4.21. The van der Waals surface area contributed by atoms with E-state index in [-0.39, 0.29) is 6.10 Å². The lowest BCUT2D eigenvalue weighted by Crippen LogP contribution is -2.34. The maximum absolute atomic E-state index is 8.94. The van der Waals surface area contributed by atoms with E-state index in [1.54, 1.807) is 0 Å². The maximum atomic E-state index is 8.94. The van der Waals surface area contributed by atoms with Crippen molar-refractivity contribution in [3.05, 3.63) is 0 Å². The summed E-state index contributed by atoms with van der Waals surface area (Å²) in [5.41, 5.74) is 0. The predicted molar refractivity (Wildman–Crippen MR) is 45.4 cm³/mol. The Hall–Kier alpha value is 0.270. The van der Waals surface area contributed by atoms with Gasteiger partial charge in [0.15, 0.2) is 0 Å². The Morgan fingerprint density at radius 1 is 1.80 bits per heavy atom. The normalized spacial score (nSPS) is 28.8. The van der Waals surface area contributed by atoms with E-state index in [0.717, 1.165) is 6.54 Å². The highest BCUT2D eigenvalue weighted by atomic mass is 32.2. The molecule has 10 heavy (non-hydrogen) atoms. The lowest BCUT2D eigenvalue weighted by atomic mass is 10.2. The minimum Gasteiger partial charge on any atom is -0.392 e. The zero-order valence-electron chi connectivity index (χ0n) is 6.34. The summed E-state index contributed by atoms with van der Waals surface area (Å²) < 4.78 is 0. The summed E-state index contributed by atoms with van der Waals surface area (Å²) in [6.07, 6.45) is 1.06. The number of aliphatic hydroxyl groups excluding tert-OH is 1. The van der Waals surface area contributed by atoms with E-state index in [0.29, 0.717) is 6.04 Å². The van der Waals surface area contributed by atoms with E-state index in [9.17, 15) is 0 Å². The van der Waals surface area contributed by atoms with Crippen molar-refractivity contribution in [2.24, 2.45) is 0 Å². The van der Waals surface area contributed by atoms with Crippen molar-refractivity contribution in [2.75, 3.05) is 18.1 Å². The molecule has 0 spiro atoms. The molecule has 0 amide bonds. The van der Waals surface area contributed by atoms with Gasteiger partial charge in [-0.25, -0.2) is 0 Å². The number of nitrogens with one attached hydrogen (secondary N) is 1. The lowest BCUT2D eigenvalue weighted by Gasteiger charge is -2.11. The largest absolute Gasteiger partial charge is 0.392 e. The molecule has 1 fully saturated rings. The van der Waals surface area contributed by atoms with Crippen molar-refractivity contribution in [1.82, 2.24) is 5.32 Å². The molecule has 2 nitrogen and oxygen atoms in total. The van der Waals surface area contributed by atoms with Crippen LogP contribution in [0.1, 0.15) is 13.3 Å². The highest BCUT2D eigenvalue weighted by molar-refractivity contribution is 7.99. The van der Waals surface area contributed by atoms with Gasteiger partial charge >= 0.3 is 0 Å². The van der Waals surface area contributed by atoms with Gasteiger partial charge in [-0.1, -0.05) is 0 Å². The molecule has 2 N–H and O–H groups in total. The molecule has 1 saturated heterocycles. The molecule has 1 heterocycles. The summed E-state index contributed by atoms with van der Waals surface area (Å²) >= 11 is 1.99. The molecular weight excluding hydrogens is 146 g/mol. The number of aliphatic hydroxyl groups is 1. The van der Waals surface area contributed by atoms with Gasteiger partial charge in [0.05, 0.1) is 6.10 Å². The molecule has 1 aliphatic rings. The van der Waals surface area contributed by atoms with E-state index in [1.165, 1.54) is 17.9 Å². The van der Waals surface area contributed by atoms with E-state index in [2.05, 4.69) is 5.32 Å². The number of thioether (sulfide) groups is 1. The maximum Gasteiger partial charge on any atom is 0.0636 e. The van der Waals surface area contributed by atoms with Crippen molar-refractivity contribution < 1.29 is 5.11 Å². The number of hydrogen-bond donors (Lipinski definition) is 2. The Kier molecular flexibility index (Phi) is 3.52. The van der Waals surface area contributed by atoms with Crippen LogP contribution in [0, 0.1) is 0 Å². The van der Waals surface area contributed by atoms with Crippen LogP contribution >= 0.6 is 11.8 Å². The average Bonchev–Trinajstić information content (AvgIpc) is 2.34. The summed E-state index contributed by atoms with van der Waals surface area (Å²) in [7, 11) is 0. The second-order valence-electron chi connectivity index (χ2n) is 2.82. The van der Waals surface area contributed by atoms with Crippen molar-refractivity contribution in [1.29, 1.82) is 0 Å². The molecule has 1 aliphatic heterocycles. The predicted octanol–water partition coefficient (Wildman–Crippen LogP) is 0.462. The Balaban J connectivity index is 2.01. The first kappa shape index (κ1) is 8.37. The quantitative estimate of drug-likeness (QED) is 0.631. The first-order valence-electron chi connectivity index (χ1n) is 3.78. The Bertz CT molecular complexity index is 91.6. The first-order chi connectivity index (χ1) is 4.79.